The zero-order valence-corrected chi connectivity index (χ0v) is 13.1. The first-order chi connectivity index (χ1) is 12.0. The zero-order valence-electron chi connectivity index (χ0n) is 13.1. The van der Waals surface area contributed by atoms with Gasteiger partial charge in [-0.2, -0.15) is 0 Å². The van der Waals surface area contributed by atoms with Gasteiger partial charge < -0.3 is 20.1 Å². The highest BCUT2D eigenvalue weighted by atomic mass is 16.5. The number of carboxylic acids is 1. The quantitative estimate of drug-likeness (QED) is 0.871. The van der Waals surface area contributed by atoms with E-state index in [4.69, 9.17) is 4.74 Å². The second kappa shape index (κ2) is 5.62. The van der Waals surface area contributed by atoms with E-state index >= 15 is 0 Å². The van der Waals surface area contributed by atoms with Crippen LogP contribution in [0, 0.1) is 0 Å². The highest BCUT2D eigenvalue weighted by Crippen LogP contribution is 2.38. The maximum Gasteiger partial charge on any atom is 0.312 e. The Labute approximate surface area is 142 Å². The Morgan fingerprint density at radius 2 is 2.00 bits per heavy atom. The fourth-order valence-corrected chi connectivity index (χ4v) is 3.17. The first kappa shape index (κ1) is 15.2. The molecule has 4 rings (SSSR count). The van der Waals surface area contributed by atoms with Crippen molar-refractivity contribution in [3.8, 4) is 5.75 Å². The summed E-state index contributed by atoms with van der Waals surface area (Å²) >= 11 is 0. The minimum Gasteiger partial charge on any atom is -0.482 e. The average Bonchev–Trinajstić information content (AvgIpc) is 3.00. The van der Waals surface area contributed by atoms with Gasteiger partial charge in [-0.05, 0) is 29.8 Å². The molecule has 1 atom stereocenters. The van der Waals surface area contributed by atoms with Gasteiger partial charge in [-0.1, -0.05) is 18.2 Å². The van der Waals surface area contributed by atoms with Gasteiger partial charge in [-0.25, -0.2) is 0 Å². The van der Waals surface area contributed by atoms with E-state index < -0.39 is 11.9 Å². The van der Waals surface area contributed by atoms with Crippen molar-refractivity contribution in [1.29, 1.82) is 0 Å². The Morgan fingerprint density at radius 3 is 2.80 bits per heavy atom. The Kier molecular flexibility index (Phi) is 3.42. The van der Waals surface area contributed by atoms with Crippen LogP contribution in [0.2, 0.25) is 0 Å². The molecule has 2 heterocycles. The summed E-state index contributed by atoms with van der Waals surface area (Å²) in [5.41, 5.74) is 2.12. The molecule has 2 aliphatic heterocycles. The molecule has 126 valence electrons. The molecule has 2 aliphatic rings. The number of benzene rings is 2. The molecule has 0 bridgehead atoms. The first-order valence-corrected chi connectivity index (χ1v) is 7.75. The number of para-hydroxylation sites is 1. The molecule has 7 heteroatoms. The Bertz CT molecular complexity index is 908. The summed E-state index contributed by atoms with van der Waals surface area (Å²) in [5, 5.41) is 12.1. The number of rotatable bonds is 2. The molecule has 7 nitrogen and oxygen atoms in total. The molecule has 0 spiro atoms. The lowest BCUT2D eigenvalue weighted by atomic mass is 10.0. The van der Waals surface area contributed by atoms with Crippen molar-refractivity contribution in [2.24, 2.45) is 0 Å². The minimum atomic E-state index is -0.959. The molecular weight excluding hydrogens is 324 g/mol. The van der Waals surface area contributed by atoms with Crippen LogP contribution in [-0.2, 0) is 9.59 Å². The number of carbonyl (C=O) groups is 3. The second-order valence-corrected chi connectivity index (χ2v) is 5.91. The van der Waals surface area contributed by atoms with Crippen LogP contribution in [0.1, 0.15) is 21.8 Å². The predicted octanol–water partition coefficient (Wildman–Crippen LogP) is 1.85. The molecule has 2 amide bonds. The molecule has 0 radical (unpaired) electrons. The van der Waals surface area contributed by atoms with Crippen LogP contribution in [0.5, 0.6) is 5.75 Å². The van der Waals surface area contributed by atoms with Crippen LogP contribution in [-0.4, -0.2) is 36.0 Å². The highest BCUT2D eigenvalue weighted by molar-refractivity contribution is 6.09. The number of aliphatic carboxylic acids is 1. The largest absolute Gasteiger partial charge is 0.482 e. The molecule has 2 aromatic carbocycles. The van der Waals surface area contributed by atoms with Crippen molar-refractivity contribution in [3.63, 3.8) is 0 Å². The van der Waals surface area contributed by atoms with Gasteiger partial charge in [-0.3, -0.25) is 14.4 Å². The fourth-order valence-electron chi connectivity index (χ4n) is 3.17. The molecule has 25 heavy (non-hydrogen) atoms. The molecule has 1 unspecified atom stereocenters. The summed E-state index contributed by atoms with van der Waals surface area (Å²) in [6.07, 6.45) is 0. The number of anilines is 2. The molecule has 0 aliphatic carbocycles. The highest BCUT2D eigenvalue weighted by Gasteiger charge is 2.36. The monoisotopic (exact) mass is 338 g/mol. The van der Waals surface area contributed by atoms with E-state index in [9.17, 15) is 19.5 Å². The summed E-state index contributed by atoms with van der Waals surface area (Å²) in [6, 6.07) is 11.8. The standard InChI is InChI=1S/C18H14N2O5/c21-16-9-25-15-7-10(5-6-13(15)19-16)17(22)20-8-12(18(23)24)11-3-1-2-4-14(11)20/h1-7,12H,8-9H2,(H,19,21)(H,23,24). The van der Waals surface area contributed by atoms with Crippen LogP contribution in [0.3, 0.4) is 0 Å². The van der Waals surface area contributed by atoms with Crippen LogP contribution in [0.4, 0.5) is 11.4 Å². The minimum absolute atomic E-state index is 0.0855. The van der Waals surface area contributed by atoms with Crippen molar-refractivity contribution in [1.82, 2.24) is 0 Å². The van der Waals surface area contributed by atoms with E-state index in [1.165, 1.54) is 4.90 Å². The summed E-state index contributed by atoms with van der Waals surface area (Å²) < 4.78 is 5.34. The second-order valence-electron chi connectivity index (χ2n) is 5.91. The van der Waals surface area contributed by atoms with Gasteiger partial charge in [0.25, 0.3) is 11.8 Å². The normalized spacial score (nSPS) is 18.0. The van der Waals surface area contributed by atoms with Crippen LogP contribution in [0.15, 0.2) is 42.5 Å². The average molecular weight is 338 g/mol. The molecule has 2 N–H and O–H groups in total. The van der Waals surface area contributed by atoms with Gasteiger partial charge in [0.1, 0.15) is 11.7 Å². The number of amides is 2. The van der Waals surface area contributed by atoms with Crippen LogP contribution in [0.25, 0.3) is 0 Å². The van der Waals surface area contributed by atoms with Gasteiger partial charge >= 0.3 is 5.97 Å². The number of nitrogens with one attached hydrogen (secondary N) is 1. The number of fused-ring (bicyclic) bond motifs is 2. The Hall–Kier alpha value is -3.35. The van der Waals surface area contributed by atoms with E-state index in [0.717, 1.165) is 0 Å². The van der Waals surface area contributed by atoms with Gasteiger partial charge in [0.05, 0.1) is 5.69 Å². The lowest BCUT2D eigenvalue weighted by Gasteiger charge is -2.21. The number of hydrogen-bond donors (Lipinski definition) is 2. The summed E-state index contributed by atoms with van der Waals surface area (Å²) in [5.74, 6) is -1.83. The van der Waals surface area contributed by atoms with Crippen molar-refractivity contribution in [2.75, 3.05) is 23.4 Å². The van der Waals surface area contributed by atoms with E-state index in [0.29, 0.717) is 28.3 Å². The van der Waals surface area contributed by atoms with Crippen molar-refractivity contribution in [2.45, 2.75) is 5.92 Å². The smallest absolute Gasteiger partial charge is 0.312 e. The lowest BCUT2D eigenvalue weighted by molar-refractivity contribution is -0.138. The van der Waals surface area contributed by atoms with Gasteiger partial charge in [-0.15, -0.1) is 0 Å². The third-order valence-corrected chi connectivity index (χ3v) is 4.37. The maximum absolute atomic E-state index is 12.9. The van der Waals surface area contributed by atoms with E-state index in [1.54, 1.807) is 42.5 Å². The maximum atomic E-state index is 12.9. The predicted molar refractivity (Wildman–Crippen MR) is 89.1 cm³/mol. The van der Waals surface area contributed by atoms with E-state index in [2.05, 4.69) is 5.32 Å². The summed E-state index contributed by atoms with van der Waals surface area (Å²) in [4.78, 5) is 37.2. The number of carbonyl (C=O) groups excluding carboxylic acids is 2. The third-order valence-electron chi connectivity index (χ3n) is 4.37. The Morgan fingerprint density at radius 1 is 1.20 bits per heavy atom. The van der Waals surface area contributed by atoms with Gasteiger partial charge in [0, 0.05) is 17.8 Å². The van der Waals surface area contributed by atoms with E-state index in [1.807, 2.05) is 0 Å². The van der Waals surface area contributed by atoms with Crippen molar-refractivity contribution >= 4 is 29.2 Å². The SMILES string of the molecule is O=C1COc2cc(C(=O)N3CC(C(=O)O)c4ccccc43)ccc2N1. The topological polar surface area (TPSA) is 95.9 Å². The number of hydrogen-bond acceptors (Lipinski definition) is 4. The number of ether oxygens (including phenoxy) is 1. The molecule has 0 saturated carbocycles. The van der Waals surface area contributed by atoms with E-state index in [-0.39, 0.29) is 25.0 Å². The zero-order chi connectivity index (χ0) is 17.6. The molecule has 0 fully saturated rings. The van der Waals surface area contributed by atoms with Crippen molar-refractivity contribution in [3.05, 3.63) is 53.6 Å². The third kappa shape index (κ3) is 2.50. The molecule has 0 aromatic heterocycles. The molecule has 2 aromatic rings. The first-order valence-electron chi connectivity index (χ1n) is 7.75. The van der Waals surface area contributed by atoms with Crippen LogP contribution >= 0.6 is 0 Å². The number of nitrogens with zero attached hydrogens (tertiary/aromatic N) is 1. The van der Waals surface area contributed by atoms with Crippen LogP contribution < -0.4 is 15.0 Å². The molecule has 0 saturated heterocycles. The Balaban J connectivity index is 1.68. The molecular formula is C18H14N2O5. The fraction of sp³-hybridized carbons (Fsp3) is 0.167. The van der Waals surface area contributed by atoms with Crippen molar-refractivity contribution < 1.29 is 24.2 Å². The van der Waals surface area contributed by atoms with Gasteiger partial charge in [0.15, 0.2) is 6.61 Å². The number of carboxylic acid groups (broad SMARTS) is 1. The summed E-state index contributed by atoms with van der Waals surface area (Å²) in [6.45, 7) is -0.0134. The van der Waals surface area contributed by atoms with Gasteiger partial charge in [0.2, 0.25) is 0 Å². The summed E-state index contributed by atoms with van der Waals surface area (Å²) in [7, 11) is 0. The lowest BCUT2D eigenvalue weighted by Crippen LogP contribution is -2.31.